The second-order valence-electron chi connectivity index (χ2n) is 9.78. The molecule has 2 atom stereocenters. The molecule has 2 unspecified atom stereocenters. The van der Waals surface area contributed by atoms with Crippen molar-refractivity contribution in [1.82, 2.24) is 9.88 Å². The maximum Gasteiger partial charge on any atom is 0.257 e. The second kappa shape index (κ2) is 9.87. The zero-order valence-electron chi connectivity index (χ0n) is 21.0. The zero-order chi connectivity index (χ0) is 26.2. The van der Waals surface area contributed by atoms with Gasteiger partial charge in [-0.05, 0) is 68.3 Å². The number of anilines is 1. The summed E-state index contributed by atoms with van der Waals surface area (Å²) in [6.07, 6.45) is 1.49. The molecule has 0 spiro atoms. The van der Waals surface area contributed by atoms with Gasteiger partial charge < -0.3 is 14.1 Å². The summed E-state index contributed by atoms with van der Waals surface area (Å²) in [4.78, 5) is 47.5. The Morgan fingerprint density at radius 1 is 1.03 bits per heavy atom. The van der Waals surface area contributed by atoms with Gasteiger partial charge in [-0.2, -0.15) is 0 Å². The molecule has 2 saturated heterocycles. The monoisotopic (exact) mass is 509 g/mol. The molecular formula is C30H27N3O5. The minimum absolute atomic E-state index is 0.0734. The number of ether oxygens (including phenoxy) is 1. The van der Waals surface area contributed by atoms with E-state index in [0.29, 0.717) is 29.3 Å². The van der Waals surface area contributed by atoms with E-state index < -0.39 is 11.9 Å². The Kier molecular flexibility index (Phi) is 6.25. The minimum atomic E-state index is -0.891. The third-order valence-corrected chi connectivity index (χ3v) is 7.15. The lowest BCUT2D eigenvalue weighted by atomic mass is 10.1. The van der Waals surface area contributed by atoms with Gasteiger partial charge in [-0.3, -0.25) is 14.4 Å². The van der Waals surface area contributed by atoms with Crippen LogP contribution in [0.5, 0.6) is 0 Å². The molecule has 3 amide bonds. The van der Waals surface area contributed by atoms with Gasteiger partial charge in [0.15, 0.2) is 5.58 Å². The van der Waals surface area contributed by atoms with Crippen LogP contribution >= 0.6 is 0 Å². The maximum absolute atomic E-state index is 13.6. The van der Waals surface area contributed by atoms with Crippen LogP contribution in [-0.4, -0.2) is 52.9 Å². The van der Waals surface area contributed by atoms with Crippen molar-refractivity contribution in [3.63, 3.8) is 0 Å². The second-order valence-corrected chi connectivity index (χ2v) is 9.78. The van der Waals surface area contributed by atoms with E-state index in [1.54, 1.807) is 36.4 Å². The molecule has 2 aliphatic rings. The summed E-state index contributed by atoms with van der Waals surface area (Å²) >= 11 is 0. The fraction of sp³-hybridized carbons (Fsp3) is 0.267. The Balaban J connectivity index is 1.26. The first kappa shape index (κ1) is 24.1. The standard InChI is InChI=1S/C30H27N3O5/c1-19-8-10-21(11-9-19)29(35)32(18-23-5-4-16-37-23)25-17-27(34)33(30(25)36)22-14-12-20(13-15-22)28-31-24-6-2-3-7-26(24)38-28/h2-3,6-15,23,25H,4-5,16-18H2,1H3. The molecule has 8 nitrogen and oxygen atoms in total. The van der Waals surface area contributed by atoms with Gasteiger partial charge in [-0.1, -0.05) is 29.8 Å². The van der Waals surface area contributed by atoms with Crippen LogP contribution in [0.1, 0.15) is 35.2 Å². The Bertz CT molecular complexity index is 1470. The smallest absolute Gasteiger partial charge is 0.257 e. The number of carbonyl (C=O) groups is 3. The number of aromatic nitrogens is 1. The van der Waals surface area contributed by atoms with Gasteiger partial charge in [-0.15, -0.1) is 0 Å². The number of para-hydroxylation sites is 2. The highest BCUT2D eigenvalue weighted by atomic mass is 16.5. The normalized spacial score (nSPS) is 19.4. The highest BCUT2D eigenvalue weighted by Gasteiger charge is 2.45. The Labute approximate surface area is 219 Å². The summed E-state index contributed by atoms with van der Waals surface area (Å²) in [5.41, 5.74) is 4.13. The Morgan fingerprint density at radius 2 is 1.79 bits per heavy atom. The molecule has 192 valence electrons. The molecule has 3 heterocycles. The van der Waals surface area contributed by atoms with Crippen LogP contribution in [0.4, 0.5) is 5.69 Å². The van der Waals surface area contributed by atoms with Crippen molar-refractivity contribution >= 4 is 34.5 Å². The molecule has 2 aliphatic heterocycles. The first-order valence-electron chi connectivity index (χ1n) is 12.8. The van der Waals surface area contributed by atoms with E-state index in [4.69, 9.17) is 9.15 Å². The van der Waals surface area contributed by atoms with Crippen molar-refractivity contribution in [2.45, 2.75) is 38.3 Å². The number of oxazole rings is 1. The molecule has 4 aromatic rings. The van der Waals surface area contributed by atoms with Gasteiger partial charge in [0.25, 0.3) is 11.8 Å². The zero-order valence-corrected chi connectivity index (χ0v) is 21.0. The van der Waals surface area contributed by atoms with Crippen molar-refractivity contribution in [2.24, 2.45) is 0 Å². The number of benzene rings is 3. The van der Waals surface area contributed by atoms with Crippen LogP contribution < -0.4 is 4.90 Å². The van der Waals surface area contributed by atoms with Crippen LogP contribution in [0.3, 0.4) is 0 Å². The number of carbonyl (C=O) groups excluding carboxylic acids is 3. The fourth-order valence-electron chi connectivity index (χ4n) is 5.10. The molecule has 0 radical (unpaired) electrons. The van der Waals surface area contributed by atoms with Crippen molar-refractivity contribution in [3.05, 3.63) is 83.9 Å². The van der Waals surface area contributed by atoms with Crippen LogP contribution in [-0.2, 0) is 14.3 Å². The predicted octanol–water partition coefficient (Wildman–Crippen LogP) is 4.76. The summed E-state index contributed by atoms with van der Waals surface area (Å²) in [5, 5.41) is 0. The SMILES string of the molecule is Cc1ccc(C(=O)N(CC2CCCO2)C2CC(=O)N(c3ccc(-c4nc5ccccc5o4)cc3)C2=O)cc1. The first-order chi connectivity index (χ1) is 18.5. The molecule has 1 aromatic heterocycles. The molecule has 3 aromatic carbocycles. The van der Waals surface area contributed by atoms with Crippen molar-refractivity contribution in [1.29, 1.82) is 0 Å². The number of amides is 3. The number of rotatable bonds is 6. The molecule has 6 rings (SSSR count). The van der Waals surface area contributed by atoms with Crippen LogP contribution in [0, 0.1) is 6.92 Å². The molecular weight excluding hydrogens is 482 g/mol. The highest BCUT2D eigenvalue weighted by molar-refractivity contribution is 6.23. The number of aryl methyl sites for hydroxylation is 1. The number of nitrogens with zero attached hydrogens (tertiary/aromatic N) is 3. The third kappa shape index (κ3) is 4.48. The van der Waals surface area contributed by atoms with Crippen LogP contribution in [0.25, 0.3) is 22.6 Å². The van der Waals surface area contributed by atoms with E-state index in [2.05, 4.69) is 4.98 Å². The molecule has 0 aliphatic carbocycles. The lowest BCUT2D eigenvalue weighted by Crippen LogP contribution is -2.48. The van der Waals surface area contributed by atoms with Gasteiger partial charge in [0, 0.05) is 24.3 Å². The molecule has 0 N–H and O–H groups in total. The Morgan fingerprint density at radius 3 is 2.50 bits per heavy atom. The van der Waals surface area contributed by atoms with Gasteiger partial charge in [0.1, 0.15) is 11.6 Å². The van der Waals surface area contributed by atoms with E-state index in [1.165, 1.54) is 9.80 Å². The predicted molar refractivity (Wildman–Crippen MR) is 142 cm³/mol. The van der Waals surface area contributed by atoms with E-state index in [0.717, 1.165) is 29.5 Å². The summed E-state index contributed by atoms with van der Waals surface area (Å²) in [6, 6.07) is 20.8. The van der Waals surface area contributed by atoms with E-state index in [9.17, 15) is 14.4 Å². The van der Waals surface area contributed by atoms with E-state index >= 15 is 0 Å². The lowest BCUT2D eigenvalue weighted by Gasteiger charge is -2.30. The average Bonchev–Trinajstić information content (AvgIpc) is 3.67. The molecule has 2 fully saturated rings. The number of imide groups is 1. The van der Waals surface area contributed by atoms with Crippen LogP contribution in [0.15, 0.2) is 77.2 Å². The van der Waals surface area contributed by atoms with Gasteiger partial charge in [-0.25, -0.2) is 9.88 Å². The van der Waals surface area contributed by atoms with Crippen molar-refractivity contribution in [2.75, 3.05) is 18.1 Å². The van der Waals surface area contributed by atoms with Gasteiger partial charge >= 0.3 is 0 Å². The fourth-order valence-corrected chi connectivity index (χ4v) is 5.10. The molecule has 8 heteroatoms. The number of hydrogen-bond acceptors (Lipinski definition) is 6. The minimum Gasteiger partial charge on any atom is -0.436 e. The summed E-state index contributed by atoms with van der Waals surface area (Å²) in [7, 11) is 0. The maximum atomic E-state index is 13.6. The summed E-state index contributed by atoms with van der Waals surface area (Å²) in [6.45, 7) is 2.85. The van der Waals surface area contributed by atoms with E-state index in [-0.39, 0.29) is 30.9 Å². The molecule has 0 saturated carbocycles. The number of hydrogen-bond donors (Lipinski definition) is 0. The van der Waals surface area contributed by atoms with Gasteiger partial charge in [0.05, 0.1) is 18.2 Å². The summed E-state index contributed by atoms with van der Waals surface area (Å²) in [5.74, 6) is -0.576. The highest BCUT2D eigenvalue weighted by Crippen LogP contribution is 2.31. The number of fused-ring (bicyclic) bond motifs is 1. The van der Waals surface area contributed by atoms with Crippen molar-refractivity contribution in [3.8, 4) is 11.5 Å². The molecule has 38 heavy (non-hydrogen) atoms. The topological polar surface area (TPSA) is 92.9 Å². The summed E-state index contributed by atoms with van der Waals surface area (Å²) < 4.78 is 11.6. The van der Waals surface area contributed by atoms with E-state index in [1.807, 2.05) is 43.3 Å². The van der Waals surface area contributed by atoms with Gasteiger partial charge in [0.2, 0.25) is 11.8 Å². The Hall–Kier alpha value is -4.30. The quantitative estimate of drug-likeness (QED) is 0.348. The van der Waals surface area contributed by atoms with Crippen LogP contribution in [0.2, 0.25) is 0 Å². The average molecular weight is 510 g/mol. The first-order valence-corrected chi connectivity index (χ1v) is 12.8. The lowest BCUT2D eigenvalue weighted by molar-refractivity contribution is -0.122. The largest absolute Gasteiger partial charge is 0.436 e. The third-order valence-electron chi connectivity index (χ3n) is 7.15. The van der Waals surface area contributed by atoms with Crippen molar-refractivity contribution < 1.29 is 23.5 Å². The molecule has 0 bridgehead atoms.